The van der Waals surface area contributed by atoms with Gasteiger partial charge in [-0.15, -0.1) is 0 Å². The molecule has 0 fully saturated rings. The van der Waals surface area contributed by atoms with Crippen molar-refractivity contribution in [3.05, 3.63) is 41.5 Å². The Kier molecular flexibility index (Phi) is 2.48. The van der Waals surface area contributed by atoms with Crippen LogP contribution in [0.15, 0.2) is 35.9 Å². The number of carbonyl (C=O) groups excluding carboxylic acids is 1. The maximum absolute atomic E-state index is 11.6. The molecule has 0 saturated carbocycles. The minimum atomic E-state index is -1.04. The predicted octanol–water partition coefficient (Wildman–Crippen LogP) is 1.35. The van der Waals surface area contributed by atoms with Crippen molar-refractivity contribution in [2.24, 2.45) is 0 Å². The maximum Gasteiger partial charge on any atom is 0.333 e. The molecule has 4 heteroatoms. The number of carboxylic acid groups (broad SMARTS) is 1. The monoisotopic (exact) mass is 217 g/mol. The first kappa shape index (κ1) is 10.4. The molecular formula is C12H11NO3. The quantitative estimate of drug-likeness (QED) is 0.813. The number of hydrogen-bond donors (Lipinski definition) is 1. The van der Waals surface area contributed by atoms with Crippen LogP contribution >= 0.6 is 0 Å². The first-order valence-corrected chi connectivity index (χ1v) is 4.90. The fraction of sp³-hybridized carbons (Fsp3) is 0.167. The Labute approximate surface area is 92.8 Å². The van der Waals surface area contributed by atoms with E-state index in [9.17, 15) is 9.59 Å². The van der Waals surface area contributed by atoms with Crippen LogP contribution < -0.4 is 4.90 Å². The van der Waals surface area contributed by atoms with E-state index in [4.69, 9.17) is 5.11 Å². The molecule has 0 unspecified atom stereocenters. The zero-order valence-electron chi connectivity index (χ0n) is 8.80. The van der Waals surface area contributed by atoms with Crippen molar-refractivity contribution in [1.29, 1.82) is 0 Å². The summed E-state index contributed by atoms with van der Waals surface area (Å²) >= 11 is 0. The molecule has 1 amide bonds. The molecule has 0 atom stereocenters. The third kappa shape index (κ3) is 1.82. The van der Waals surface area contributed by atoms with Crippen molar-refractivity contribution < 1.29 is 14.7 Å². The van der Waals surface area contributed by atoms with Gasteiger partial charge in [0.1, 0.15) is 0 Å². The van der Waals surface area contributed by atoms with Crippen LogP contribution in [0.3, 0.4) is 0 Å². The Morgan fingerprint density at radius 1 is 1.31 bits per heavy atom. The molecule has 82 valence electrons. The number of aliphatic carboxylic acids is 1. The highest BCUT2D eigenvalue weighted by molar-refractivity contribution is 6.11. The number of anilines is 1. The van der Waals surface area contributed by atoms with E-state index in [1.54, 1.807) is 0 Å². The van der Waals surface area contributed by atoms with Gasteiger partial charge in [0.25, 0.3) is 5.91 Å². The average molecular weight is 217 g/mol. The summed E-state index contributed by atoms with van der Waals surface area (Å²) in [7, 11) is 0. The molecule has 4 nitrogen and oxygen atoms in total. The average Bonchev–Trinajstić information content (AvgIpc) is 2.62. The van der Waals surface area contributed by atoms with Crippen molar-refractivity contribution in [2.75, 3.05) is 11.4 Å². The van der Waals surface area contributed by atoms with Crippen molar-refractivity contribution >= 4 is 17.6 Å². The summed E-state index contributed by atoms with van der Waals surface area (Å²) in [6.45, 7) is 2.09. The maximum atomic E-state index is 11.6. The number of nitrogens with zero attached hydrogens (tertiary/aromatic N) is 1. The van der Waals surface area contributed by atoms with E-state index in [0.29, 0.717) is 0 Å². The molecule has 0 spiro atoms. The molecule has 0 bridgehead atoms. The molecule has 1 heterocycles. The van der Waals surface area contributed by atoms with Crippen LogP contribution in [0, 0.1) is 6.92 Å². The zero-order valence-corrected chi connectivity index (χ0v) is 8.80. The normalized spacial score (nSPS) is 15.2. The Balaban J connectivity index is 2.23. The lowest BCUT2D eigenvalue weighted by Gasteiger charge is -2.16. The predicted molar refractivity (Wildman–Crippen MR) is 59.3 cm³/mol. The number of benzene rings is 1. The van der Waals surface area contributed by atoms with E-state index in [1.165, 1.54) is 11.0 Å². The lowest BCUT2D eigenvalue weighted by Crippen LogP contribution is -2.26. The van der Waals surface area contributed by atoms with Gasteiger partial charge in [-0.2, -0.15) is 0 Å². The minimum Gasteiger partial charge on any atom is -0.478 e. The molecule has 2 rings (SSSR count). The fourth-order valence-corrected chi connectivity index (χ4v) is 1.59. The summed E-state index contributed by atoms with van der Waals surface area (Å²) in [6, 6.07) is 7.40. The van der Waals surface area contributed by atoms with Gasteiger partial charge in [0, 0.05) is 11.8 Å². The largest absolute Gasteiger partial charge is 0.478 e. The number of carboxylic acids is 1. The summed E-state index contributed by atoms with van der Waals surface area (Å²) in [5.74, 6) is -1.32. The molecular weight excluding hydrogens is 206 g/mol. The van der Waals surface area contributed by atoms with Gasteiger partial charge >= 0.3 is 5.97 Å². The van der Waals surface area contributed by atoms with E-state index in [-0.39, 0.29) is 18.0 Å². The highest BCUT2D eigenvalue weighted by Crippen LogP contribution is 2.21. The molecule has 1 aliphatic rings. The van der Waals surface area contributed by atoms with Gasteiger partial charge in [-0.3, -0.25) is 4.79 Å². The molecule has 1 N–H and O–H groups in total. The van der Waals surface area contributed by atoms with Gasteiger partial charge in [-0.1, -0.05) is 17.7 Å². The number of amides is 1. The highest BCUT2D eigenvalue weighted by Gasteiger charge is 2.26. The minimum absolute atomic E-state index is 0.130. The third-order valence-corrected chi connectivity index (χ3v) is 2.51. The first-order valence-electron chi connectivity index (χ1n) is 4.90. The number of carbonyl (C=O) groups is 2. The number of rotatable bonds is 2. The second-order valence-electron chi connectivity index (χ2n) is 3.73. The van der Waals surface area contributed by atoms with Gasteiger partial charge in [0.15, 0.2) is 0 Å². The zero-order chi connectivity index (χ0) is 11.7. The highest BCUT2D eigenvalue weighted by atomic mass is 16.4. The van der Waals surface area contributed by atoms with E-state index < -0.39 is 5.97 Å². The van der Waals surface area contributed by atoms with E-state index in [0.717, 1.165) is 11.3 Å². The van der Waals surface area contributed by atoms with Crippen molar-refractivity contribution in [1.82, 2.24) is 0 Å². The van der Waals surface area contributed by atoms with Crippen molar-refractivity contribution in [3.8, 4) is 0 Å². The number of hydrogen-bond acceptors (Lipinski definition) is 2. The summed E-state index contributed by atoms with van der Waals surface area (Å²) in [4.78, 5) is 23.7. The van der Waals surface area contributed by atoms with Gasteiger partial charge in [0.05, 0.1) is 12.1 Å². The molecule has 0 aliphatic carbocycles. The van der Waals surface area contributed by atoms with Crippen LogP contribution in [-0.4, -0.2) is 23.5 Å². The molecule has 1 aromatic carbocycles. The summed E-state index contributed by atoms with van der Waals surface area (Å²) in [6.07, 6.45) is 1.17. The Hall–Kier alpha value is -2.10. The lowest BCUT2D eigenvalue weighted by atomic mass is 10.2. The molecule has 0 saturated heterocycles. The molecule has 0 radical (unpaired) electrons. The molecule has 0 aromatic heterocycles. The Morgan fingerprint density at radius 2 is 1.94 bits per heavy atom. The van der Waals surface area contributed by atoms with Crippen LogP contribution in [0.1, 0.15) is 5.56 Å². The van der Waals surface area contributed by atoms with Crippen molar-refractivity contribution in [3.63, 3.8) is 0 Å². The smallest absolute Gasteiger partial charge is 0.333 e. The third-order valence-electron chi connectivity index (χ3n) is 2.51. The topological polar surface area (TPSA) is 57.6 Å². The first-order chi connectivity index (χ1) is 7.58. The lowest BCUT2D eigenvalue weighted by molar-refractivity contribution is -0.132. The second kappa shape index (κ2) is 3.81. The van der Waals surface area contributed by atoms with E-state index >= 15 is 0 Å². The fourth-order valence-electron chi connectivity index (χ4n) is 1.59. The SMILES string of the molecule is Cc1ccc(N2CC(C(=O)O)=CC2=O)cc1. The Bertz CT molecular complexity index is 474. The van der Waals surface area contributed by atoms with Gasteiger partial charge in [-0.05, 0) is 19.1 Å². The van der Waals surface area contributed by atoms with Crippen molar-refractivity contribution in [2.45, 2.75) is 6.92 Å². The number of aryl methyl sites for hydroxylation is 1. The molecule has 1 aliphatic heterocycles. The van der Waals surface area contributed by atoms with Crippen LogP contribution in [0.4, 0.5) is 5.69 Å². The van der Waals surface area contributed by atoms with Gasteiger partial charge in [-0.25, -0.2) is 4.79 Å². The molecule has 16 heavy (non-hydrogen) atoms. The van der Waals surface area contributed by atoms with Crippen LogP contribution in [0.5, 0.6) is 0 Å². The Morgan fingerprint density at radius 3 is 2.44 bits per heavy atom. The van der Waals surface area contributed by atoms with Crippen LogP contribution in [0.2, 0.25) is 0 Å². The standard InChI is InChI=1S/C12H11NO3/c1-8-2-4-10(5-3-8)13-7-9(12(15)16)6-11(13)14/h2-6H,7H2,1H3,(H,15,16). The second-order valence-corrected chi connectivity index (χ2v) is 3.73. The van der Waals surface area contributed by atoms with Gasteiger partial charge in [0.2, 0.25) is 0 Å². The van der Waals surface area contributed by atoms with E-state index in [1.807, 2.05) is 31.2 Å². The van der Waals surface area contributed by atoms with Crippen LogP contribution in [-0.2, 0) is 9.59 Å². The van der Waals surface area contributed by atoms with Gasteiger partial charge < -0.3 is 10.0 Å². The summed E-state index contributed by atoms with van der Waals surface area (Å²) in [5.41, 5.74) is 1.95. The summed E-state index contributed by atoms with van der Waals surface area (Å²) in [5, 5.41) is 8.79. The molecule has 1 aromatic rings. The summed E-state index contributed by atoms with van der Waals surface area (Å²) < 4.78 is 0. The van der Waals surface area contributed by atoms with Crippen LogP contribution in [0.25, 0.3) is 0 Å². The van der Waals surface area contributed by atoms with E-state index in [2.05, 4.69) is 0 Å².